The SMILES string of the molecule is Nc1cncnc1N1CCN(CCO)CC1. The van der Waals surface area contributed by atoms with Gasteiger partial charge in [0, 0.05) is 32.7 Å². The Morgan fingerprint density at radius 1 is 1.31 bits per heavy atom. The number of aliphatic hydroxyl groups is 1. The van der Waals surface area contributed by atoms with Crippen LogP contribution in [-0.2, 0) is 0 Å². The van der Waals surface area contributed by atoms with Crippen LogP contribution in [-0.4, -0.2) is 59.3 Å². The van der Waals surface area contributed by atoms with E-state index in [1.807, 2.05) is 0 Å². The van der Waals surface area contributed by atoms with Crippen LogP contribution in [0, 0.1) is 0 Å². The van der Waals surface area contributed by atoms with Gasteiger partial charge >= 0.3 is 0 Å². The van der Waals surface area contributed by atoms with E-state index in [1.54, 1.807) is 6.20 Å². The molecule has 0 aromatic carbocycles. The molecule has 3 N–H and O–H groups in total. The van der Waals surface area contributed by atoms with Crippen LogP contribution in [0.1, 0.15) is 0 Å². The van der Waals surface area contributed by atoms with Crippen LogP contribution < -0.4 is 10.6 Å². The molecule has 88 valence electrons. The normalized spacial score (nSPS) is 17.7. The van der Waals surface area contributed by atoms with Gasteiger partial charge in [-0.15, -0.1) is 0 Å². The van der Waals surface area contributed by atoms with Crippen LogP contribution in [0.15, 0.2) is 12.5 Å². The van der Waals surface area contributed by atoms with Gasteiger partial charge in [0.2, 0.25) is 0 Å². The Balaban J connectivity index is 1.96. The minimum atomic E-state index is 0.218. The lowest BCUT2D eigenvalue weighted by atomic mass is 10.3. The molecule has 0 amide bonds. The molecule has 0 aliphatic carbocycles. The van der Waals surface area contributed by atoms with Gasteiger partial charge in [-0.2, -0.15) is 0 Å². The number of β-amino-alcohol motifs (C(OH)–C–C–N with tert-alkyl or cyclic N) is 1. The average molecular weight is 223 g/mol. The molecule has 0 unspecified atom stereocenters. The zero-order valence-electron chi connectivity index (χ0n) is 9.21. The first-order valence-electron chi connectivity index (χ1n) is 5.45. The monoisotopic (exact) mass is 223 g/mol. The van der Waals surface area contributed by atoms with Crippen molar-refractivity contribution in [3.63, 3.8) is 0 Å². The Morgan fingerprint density at radius 3 is 2.69 bits per heavy atom. The van der Waals surface area contributed by atoms with Crippen molar-refractivity contribution in [2.75, 3.05) is 50.0 Å². The first kappa shape index (κ1) is 11.1. The number of aromatic nitrogens is 2. The predicted molar refractivity (Wildman–Crippen MR) is 62.2 cm³/mol. The first-order chi connectivity index (χ1) is 7.81. The summed E-state index contributed by atoms with van der Waals surface area (Å²) < 4.78 is 0. The van der Waals surface area contributed by atoms with Gasteiger partial charge in [0.05, 0.1) is 18.5 Å². The summed E-state index contributed by atoms with van der Waals surface area (Å²) in [5.41, 5.74) is 6.45. The Bertz CT molecular complexity index is 338. The molecule has 0 saturated carbocycles. The molecular weight excluding hydrogens is 206 g/mol. The lowest BCUT2D eigenvalue weighted by molar-refractivity contribution is 0.188. The maximum Gasteiger partial charge on any atom is 0.155 e. The number of rotatable bonds is 3. The van der Waals surface area contributed by atoms with Crippen molar-refractivity contribution >= 4 is 11.5 Å². The minimum absolute atomic E-state index is 0.218. The minimum Gasteiger partial charge on any atom is -0.395 e. The summed E-state index contributed by atoms with van der Waals surface area (Å²) in [4.78, 5) is 12.5. The van der Waals surface area contributed by atoms with Gasteiger partial charge < -0.3 is 15.7 Å². The number of hydrogen-bond acceptors (Lipinski definition) is 6. The lowest BCUT2D eigenvalue weighted by Gasteiger charge is -2.35. The molecule has 1 saturated heterocycles. The molecule has 0 spiro atoms. The van der Waals surface area contributed by atoms with Gasteiger partial charge in [-0.25, -0.2) is 9.97 Å². The van der Waals surface area contributed by atoms with E-state index < -0.39 is 0 Å². The highest BCUT2D eigenvalue weighted by molar-refractivity contribution is 5.61. The third-order valence-corrected chi connectivity index (χ3v) is 2.81. The maximum atomic E-state index is 8.85. The van der Waals surface area contributed by atoms with Crippen molar-refractivity contribution in [2.24, 2.45) is 0 Å². The average Bonchev–Trinajstić information content (AvgIpc) is 2.31. The Hall–Kier alpha value is -1.40. The van der Waals surface area contributed by atoms with Crippen molar-refractivity contribution < 1.29 is 5.11 Å². The smallest absolute Gasteiger partial charge is 0.155 e. The van der Waals surface area contributed by atoms with Crippen LogP contribution in [0.3, 0.4) is 0 Å². The number of nitrogens with two attached hydrogens (primary N) is 1. The fourth-order valence-electron chi connectivity index (χ4n) is 1.92. The summed E-state index contributed by atoms with van der Waals surface area (Å²) >= 11 is 0. The van der Waals surface area contributed by atoms with E-state index in [-0.39, 0.29) is 6.61 Å². The van der Waals surface area contributed by atoms with Crippen LogP contribution in [0.25, 0.3) is 0 Å². The highest BCUT2D eigenvalue weighted by Crippen LogP contribution is 2.19. The van der Waals surface area contributed by atoms with Crippen LogP contribution in [0.2, 0.25) is 0 Å². The molecule has 0 bridgehead atoms. The Kier molecular flexibility index (Phi) is 3.53. The molecule has 1 aromatic heterocycles. The quantitative estimate of drug-likeness (QED) is 0.696. The van der Waals surface area contributed by atoms with Gasteiger partial charge in [0.1, 0.15) is 6.33 Å². The van der Waals surface area contributed by atoms with E-state index in [2.05, 4.69) is 19.8 Å². The number of piperazine rings is 1. The standard InChI is InChI=1S/C10H17N5O/c11-9-7-12-8-13-10(9)15-3-1-14(2-4-15)5-6-16/h7-8,16H,1-6,11H2. The Morgan fingerprint density at radius 2 is 2.06 bits per heavy atom. The van der Waals surface area contributed by atoms with E-state index in [1.165, 1.54) is 6.33 Å². The molecule has 1 fully saturated rings. The van der Waals surface area contributed by atoms with Gasteiger partial charge in [0.25, 0.3) is 0 Å². The van der Waals surface area contributed by atoms with Gasteiger partial charge in [-0.3, -0.25) is 4.90 Å². The van der Waals surface area contributed by atoms with Crippen LogP contribution in [0.5, 0.6) is 0 Å². The number of anilines is 2. The number of hydrogen-bond donors (Lipinski definition) is 2. The van der Waals surface area contributed by atoms with E-state index >= 15 is 0 Å². The summed E-state index contributed by atoms with van der Waals surface area (Å²) in [6.45, 7) is 4.61. The van der Waals surface area contributed by atoms with Gasteiger partial charge in [-0.1, -0.05) is 0 Å². The van der Waals surface area contributed by atoms with E-state index in [0.717, 1.165) is 38.5 Å². The molecule has 0 radical (unpaired) electrons. The van der Waals surface area contributed by atoms with Crippen molar-refractivity contribution in [1.82, 2.24) is 14.9 Å². The second-order valence-corrected chi connectivity index (χ2v) is 3.85. The lowest BCUT2D eigenvalue weighted by Crippen LogP contribution is -2.47. The fourth-order valence-corrected chi connectivity index (χ4v) is 1.92. The first-order valence-corrected chi connectivity index (χ1v) is 5.45. The van der Waals surface area contributed by atoms with Crippen LogP contribution in [0.4, 0.5) is 11.5 Å². The number of nitrogens with zero attached hydrogens (tertiary/aromatic N) is 4. The van der Waals surface area contributed by atoms with Crippen molar-refractivity contribution in [2.45, 2.75) is 0 Å². The molecule has 2 rings (SSSR count). The highest BCUT2D eigenvalue weighted by Gasteiger charge is 2.18. The van der Waals surface area contributed by atoms with E-state index in [9.17, 15) is 0 Å². The second-order valence-electron chi connectivity index (χ2n) is 3.85. The second kappa shape index (κ2) is 5.09. The van der Waals surface area contributed by atoms with Crippen LogP contribution >= 0.6 is 0 Å². The summed E-state index contributed by atoms with van der Waals surface area (Å²) in [6, 6.07) is 0. The third-order valence-electron chi connectivity index (χ3n) is 2.81. The molecule has 6 nitrogen and oxygen atoms in total. The molecule has 2 heterocycles. The van der Waals surface area contributed by atoms with Gasteiger partial charge in [-0.05, 0) is 0 Å². The molecule has 1 aromatic rings. The summed E-state index contributed by atoms with van der Waals surface area (Å²) in [5, 5.41) is 8.85. The third kappa shape index (κ3) is 2.40. The van der Waals surface area contributed by atoms with Gasteiger partial charge in [0.15, 0.2) is 5.82 Å². The zero-order valence-corrected chi connectivity index (χ0v) is 9.21. The largest absolute Gasteiger partial charge is 0.395 e. The number of nitrogen functional groups attached to an aromatic ring is 1. The highest BCUT2D eigenvalue weighted by atomic mass is 16.3. The molecule has 6 heteroatoms. The van der Waals surface area contributed by atoms with Crippen molar-refractivity contribution in [3.05, 3.63) is 12.5 Å². The van der Waals surface area contributed by atoms with E-state index in [0.29, 0.717) is 5.69 Å². The summed E-state index contributed by atoms with van der Waals surface area (Å²) in [7, 11) is 0. The fraction of sp³-hybridized carbons (Fsp3) is 0.600. The molecule has 16 heavy (non-hydrogen) atoms. The summed E-state index contributed by atoms with van der Waals surface area (Å²) in [5.74, 6) is 0.818. The predicted octanol–water partition coefficient (Wildman–Crippen LogP) is -0.827. The Labute approximate surface area is 94.7 Å². The zero-order chi connectivity index (χ0) is 11.4. The number of aliphatic hydroxyl groups excluding tert-OH is 1. The van der Waals surface area contributed by atoms with Crippen molar-refractivity contribution in [3.8, 4) is 0 Å². The molecule has 1 aliphatic rings. The van der Waals surface area contributed by atoms with Crippen molar-refractivity contribution in [1.29, 1.82) is 0 Å². The topological polar surface area (TPSA) is 78.5 Å². The molecule has 0 atom stereocenters. The van der Waals surface area contributed by atoms with E-state index in [4.69, 9.17) is 10.8 Å². The molecular formula is C10H17N5O. The maximum absolute atomic E-state index is 8.85. The molecule has 1 aliphatic heterocycles. The summed E-state index contributed by atoms with van der Waals surface area (Å²) in [6.07, 6.45) is 3.15.